The van der Waals surface area contributed by atoms with Gasteiger partial charge in [-0.25, -0.2) is 22.8 Å². The van der Waals surface area contributed by atoms with Crippen LogP contribution in [0.4, 0.5) is 15.9 Å². The van der Waals surface area contributed by atoms with Crippen molar-refractivity contribution < 1.29 is 23.0 Å². The van der Waals surface area contributed by atoms with Crippen molar-refractivity contribution in [3.05, 3.63) is 41.6 Å². The molecule has 1 fully saturated rings. The highest BCUT2D eigenvalue weighted by Crippen LogP contribution is 2.26. The van der Waals surface area contributed by atoms with Crippen molar-refractivity contribution in [2.24, 2.45) is 0 Å². The summed E-state index contributed by atoms with van der Waals surface area (Å²) < 4.78 is 44.5. The number of ether oxygens (including phenoxy) is 1. The van der Waals surface area contributed by atoms with Crippen LogP contribution in [0.1, 0.15) is 25.1 Å². The molecule has 1 aliphatic rings. The molecule has 0 unspecified atom stereocenters. The van der Waals surface area contributed by atoms with E-state index in [1.54, 1.807) is 19.9 Å². The normalized spacial score (nSPS) is 15.4. The van der Waals surface area contributed by atoms with Gasteiger partial charge in [0.05, 0.1) is 17.9 Å². The number of piperazine rings is 1. The monoisotopic (exact) mass is 437 g/mol. The first-order valence-corrected chi connectivity index (χ1v) is 11.3. The average molecular weight is 438 g/mol. The minimum absolute atomic E-state index is 0.0586. The van der Waals surface area contributed by atoms with Crippen LogP contribution in [0, 0.1) is 5.82 Å². The first-order valence-electron chi connectivity index (χ1n) is 9.47. The zero-order valence-electron chi connectivity index (χ0n) is 17.2. The Bertz CT molecular complexity index is 1050. The molecule has 3 rings (SSSR count). The van der Waals surface area contributed by atoms with Crippen LogP contribution in [0.3, 0.4) is 0 Å². The van der Waals surface area contributed by atoms with Gasteiger partial charge in [0.2, 0.25) is 15.7 Å². The SMILES string of the molecule is CC(C)Oc1cc(C(=[NH2+])c2cc(N3CCN(S(C)(=O)=O)CC3)ncn2)c(N)cc1F. The van der Waals surface area contributed by atoms with Crippen molar-refractivity contribution in [1.29, 1.82) is 0 Å². The fourth-order valence-electron chi connectivity index (χ4n) is 3.20. The predicted octanol–water partition coefficient (Wildman–Crippen LogP) is -0.337. The van der Waals surface area contributed by atoms with E-state index in [9.17, 15) is 12.8 Å². The molecule has 1 aliphatic heterocycles. The molecule has 4 N–H and O–H groups in total. The van der Waals surface area contributed by atoms with Gasteiger partial charge < -0.3 is 15.4 Å². The molecule has 30 heavy (non-hydrogen) atoms. The van der Waals surface area contributed by atoms with E-state index in [-0.39, 0.29) is 23.3 Å². The summed E-state index contributed by atoms with van der Waals surface area (Å²) in [7, 11) is -3.22. The smallest absolute Gasteiger partial charge is 0.232 e. The summed E-state index contributed by atoms with van der Waals surface area (Å²) in [5.74, 6) is 0.114. The average Bonchev–Trinajstić information content (AvgIpc) is 2.69. The Balaban J connectivity index is 1.84. The third-order valence-corrected chi connectivity index (χ3v) is 6.02. The second-order valence-electron chi connectivity index (χ2n) is 7.36. The summed E-state index contributed by atoms with van der Waals surface area (Å²) in [6, 6.07) is 4.34. The topological polar surface area (TPSA) is 127 Å². The molecule has 2 aromatic rings. The Morgan fingerprint density at radius 1 is 1.20 bits per heavy atom. The zero-order valence-corrected chi connectivity index (χ0v) is 18.0. The summed E-state index contributed by atoms with van der Waals surface area (Å²) in [5, 5.41) is 6.31. The Labute approximate surface area is 175 Å². The van der Waals surface area contributed by atoms with Crippen LogP contribution in [-0.2, 0) is 10.0 Å². The summed E-state index contributed by atoms with van der Waals surface area (Å²) >= 11 is 0. The molecule has 0 amide bonds. The van der Waals surface area contributed by atoms with Crippen molar-refractivity contribution in [2.75, 3.05) is 43.1 Å². The number of rotatable bonds is 6. The van der Waals surface area contributed by atoms with E-state index < -0.39 is 15.8 Å². The lowest BCUT2D eigenvalue weighted by molar-refractivity contribution is -0.111. The van der Waals surface area contributed by atoms with Gasteiger partial charge in [-0.2, -0.15) is 4.31 Å². The van der Waals surface area contributed by atoms with E-state index in [1.165, 1.54) is 29.0 Å². The molecule has 1 saturated heterocycles. The van der Waals surface area contributed by atoms with Gasteiger partial charge in [0, 0.05) is 44.0 Å². The van der Waals surface area contributed by atoms with Crippen LogP contribution in [-0.4, -0.2) is 66.9 Å². The first kappa shape index (κ1) is 21.9. The van der Waals surface area contributed by atoms with Crippen LogP contribution >= 0.6 is 0 Å². The molecule has 1 aromatic carbocycles. The molecule has 162 valence electrons. The van der Waals surface area contributed by atoms with Crippen LogP contribution < -0.4 is 20.8 Å². The number of hydrogen-bond acceptors (Lipinski definition) is 7. The molecular weight excluding hydrogens is 411 g/mol. The fraction of sp³-hybridized carbons (Fsp3) is 0.421. The maximum Gasteiger partial charge on any atom is 0.232 e. The Hall–Kier alpha value is -2.79. The van der Waals surface area contributed by atoms with Crippen LogP contribution in [0.2, 0.25) is 0 Å². The third-order valence-electron chi connectivity index (χ3n) is 4.72. The first-order chi connectivity index (χ1) is 14.1. The van der Waals surface area contributed by atoms with Gasteiger partial charge in [-0.15, -0.1) is 0 Å². The van der Waals surface area contributed by atoms with Crippen LogP contribution in [0.15, 0.2) is 24.5 Å². The number of nitrogens with zero attached hydrogens (tertiary/aromatic N) is 4. The molecule has 0 aliphatic carbocycles. The Morgan fingerprint density at radius 3 is 2.47 bits per heavy atom. The van der Waals surface area contributed by atoms with E-state index in [2.05, 4.69) is 9.97 Å². The van der Waals surface area contributed by atoms with E-state index in [1.807, 2.05) is 4.90 Å². The highest BCUT2D eigenvalue weighted by molar-refractivity contribution is 7.88. The molecule has 0 saturated carbocycles. The number of sulfonamides is 1. The van der Waals surface area contributed by atoms with Crippen molar-refractivity contribution in [3.63, 3.8) is 0 Å². The molecule has 0 atom stereocenters. The molecule has 11 heteroatoms. The highest BCUT2D eigenvalue weighted by Gasteiger charge is 2.25. The standard InChI is InChI=1S/C19H25FN6O3S/c1-12(2)29-17-8-13(15(21)9-14(17)20)19(22)16-10-18(24-11-23-16)25-4-6-26(7-5-25)30(3,27)28/h8-12,22H,4-7,21H2,1-3H3/p+1. The summed E-state index contributed by atoms with van der Waals surface area (Å²) in [4.78, 5) is 10.5. The summed E-state index contributed by atoms with van der Waals surface area (Å²) in [6.45, 7) is 5.32. The van der Waals surface area contributed by atoms with E-state index in [0.29, 0.717) is 43.3 Å². The van der Waals surface area contributed by atoms with Gasteiger partial charge >= 0.3 is 0 Å². The molecule has 0 spiro atoms. The van der Waals surface area contributed by atoms with Crippen molar-refractivity contribution in [1.82, 2.24) is 14.3 Å². The van der Waals surface area contributed by atoms with Gasteiger partial charge in [-0.1, -0.05) is 0 Å². The largest absolute Gasteiger partial charge is 0.488 e. The lowest BCUT2D eigenvalue weighted by atomic mass is 10.0. The van der Waals surface area contributed by atoms with E-state index in [4.69, 9.17) is 15.9 Å². The number of nitrogens with two attached hydrogens (primary N) is 2. The second-order valence-corrected chi connectivity index (χ2v) is 9.34. The molecule has 2 heterocycles. The molecule has 1 aromatic heterocycles. The van der Waals surface area contributed by atoms with Gasteiger partial charge in [0.1, 0.15) is 17.8 Å². The van der Waals surface area contributed by atoms with E-state index in [0.717, 1.165) is 0 Å². The fourth-order valence-corrected chi connectivity index (χ4v) is 4.03. The quantitative estimate of drug-likeness (QED) is 0.468. The molecule has 0 bridgehead atoms. The van der Waals surface area contributed by atoms with Gasteiger partial charge in [-0.3, -0.25) is 5.41 Å². The van der Waals surface area contributed by atoms with E-state index >= 15 is 0 Å². The highest BCUT2D eigenvalue weighted by atomic mass is 32.2. The number of aromatic nitrogens is 2. The number of halogens is 1. The minimum atomic E-state index is -3.22. The maximum absolute atomic E-state index is 14.1. The van der Waals surface area contributed by atoms with Crippen LogP contribution in [0.25, 0.3) is 0 Å². The van der Waals surface area contributed by atoms with Crippen molar-refractivity contribution in [2.45, 2.75) is 20.0 Å². The van der Waals surface area contributed by atoms with Gasteiger partial charge in [0.15, 0.2) is 11.6 Å². The summed E-state index contributed by atoms with van der Waals surface area (Å²) in [6.07, 6.45) is 2.37. The van der Waals surface area contributed by atoms with Crippen LogP contribution in [0.5, 0.6) is 5.75 Å². The van der Waals surface area contributed by atoms with Crippen molar-refractivity contribution in [3.8, 4) is 5.75 Å². The lowest BCUT2D eigenvalue weighted by Gasteiger charge is -2.33. The zero-order chi connectivity index (χ0) is 22.1. The second kappa shape index (κ2) is 8.52. The number of hydrogen-bond donors (Lipinski definition) is 2. The summed E-state index contributed by atoms with van der Waals surface area (Å²) in [5.41, 5.74) is 7.26. The van der Waals surface area contributed by atoms with Gasteiger partial charge in [-0.05, 0) is 19.9 Å². The lowest BCUT2D eigenvalue weighted by Crippen LogP contribution is -2.48. The number of nitrogen functional groups attached to an aromatic ring is 1. The third kappa shape index (κ3) is 4.85. The van der Waals surface area contributed by atoms with Gasteiger partial charge in [0.25, 0.3) is 0 Å². The number of benzene rings is 1. The maximum atomic E-state index is 14.1. The minimum Gasteiger partial charge on any atom is -0.488 e. The molecule has 0 radical (unpaired) electrons. The van der Waals surface area contributed by atoms with Crippen molar-refractivity contribution >= 4 is 27.2 Å². The molecular formula is C19H26FN6O3S+. The Morgan fingerprint density at radius 2 is 1.87 bits per heavy atom. The Kier molecular flexibility index (Phi) is 6.22. The number of anilines is 2. The molecule has 9 nitrogen and oxygen atoms in total. The predicted molar refractivity (Wildman–Crippen MR) is 112 cm³/mol.